The predicted molar refractivity (Wildman–Crippen MR) is 77.4 cm³/mol. The summed E-state index contributed by atoms with van der Waals surface area (Å²) in [6, 6.07) is 4.41. The first-order valence-corrected chi connectivity index (χ1v) is 6.60. The number of methoxy groups -OCH3 is 1. The highest BCUT2D eigenvalue weighted by atomic mass is 16.5. The van der Waals surface area contributed by atoms with Gasteiger partial charge in [0.2, 0.25) is 0 Å². The molecule has 1 unspecified atom stereocenters. The summed E-state index contributed by atoms with van der Waals surface area (Å²) in [5, 5.41) is 13.2. The zero-order valence-corrected chi connectivity index (χ0v) is 12.3. The van der Waals surface area contributed by atoms with Crippen molar-refractivity contribution in [1.82, 2.24) is 10.3 Å². The number of aromatic nitrogens is 1. The van der Waals surface area contributed by atoms with Crippen LogP contribution in [0.1, 0.15) is 19.4 Å². The average Bonchev–Trinajstić information content (AvgIpc) is 2.36. The van der Waals surface area contributed by atoms with Crippen molar-refractivity contribution in [2.24, 2.45) is 0 Å². The molecule has 0 saturated carbocycles. The topological polar surface area (TPSA) is 57.6 Å². The molecule has 1 aromatic rings. The second-order valence-electron chi connectivity index (χ2n) is 5.01. The lowest BCUT2D eigenvalue weighted by molar-refractivity contribution is 0.0694. The van der Waals surface area contributed by atoms with Crippen LogP contribution in [0, 0.1) is 0 Å². The zero-order valence-electron chi connectivity index (χ0n) is 12.3. The summed E-state index contributed by atoms with van der Waals surface area (Å²) in [6.07, 6.45) is 1.26. The standard InChI is InChI=1S/C14H25N3O2/c1-11(2)16-8-12-6-5-7-15-14(12)17(3)9-13(18)10-19-4/h5-7,11,13,16,18H,8-10H2,1-4H3. The number of hydrogen-bond donors (Lipinski definition) is 2. The van der Waals surface area contributed by atoms with Crippen molar-refractivity contribution in [3.63, 3.8) is 0 Å². The van der Waals surface area contributed by atoms with E-state index in [4.69, 9.17) is 4.74 Å². The molecular weight excluding hydrogens is 242 g/mol. The number of aliphatic hydroxyl groups is 1. The Morgan fingerprint density at radius 1 is 1.47 bits per heavy atom. The quantitative estimate of drug-likeness (QED) is 0.736. The van der Waals surface area contributed by atoms with E-state index in [0.29, 0.717) is 19.2 Å². The van der Waals surface area contributed by atoms with Gasteiger partial charge in [0.05, 0.1) is 12.7 Å². The highest BCUT2D eigenvalue weighted by Gasteiger charge is 2.13. The van der Waals surface area contributed by atoms with Crippen LogP contribution >= 0.6 is 0 Å². The molecule has 0 radical (unpaired) electrons. The number of rotatable bonds is 8. The first-order valence-electron chi connectivity index (χ1n) is 6.60. The molecule has 5 nitrogen and oxygen atoms in total. The molecule has 2 N–H and O–H groups in total. The lowest BCUT2D eigenvalue weighted by Crippen LogP contribution is -2.33. The molecule has 0 amide bonds. The van der Waals surface area contributed by atoms with Gasteiger partial charge >= 0.3 is 0 Å². The second-order valence-corrected chi connectivity index (χ2v) is 5.01. The molecule has 0 aliphatic heterocycles. The van der Waals surface area contributed by atoms with Gasteiger partial charge in [-0.1, -0.05) is 19.9 Å². The Hall–Kier alpha value is -1.17. The van der Waals surface area contributed by atoms with E-state index in [2.05, 4.69) is 30.2 Å². The lowest BCUT2D eigenvalue weighted by Gasteiger charge is -2.24. The van der Waals surface area contributed by atoms with Gasteiger partial charge in [-0.3, -0.25) is 0 Å². The number of anilines is 1. The molecule has 1 rings (SSSR count). The van der Waals surface area contributed by atoms with E-state index in [-0.39, 0.29) is 0 Å². The minimum atomic E-state index is -0.511. The van der Waals surface area contributed by atoms with Gasteiger partial charge in [0.1, 0.15) is 5.82 Å². The Morgan fingerprint density at radius 3 is 2.84 bits per heavy atom. The monoisotopic (exact) mass is 267 g/mol. The lowest BCUT2D eigenvalue weighted by atomic mass is 10.2. The van der Waals surface area contributed by atoms with Gasteiger partial charge in [0.25, 0.3) is 0 Å². The van der Waals surface area contributed by atoms with Crippen LogP contribution in [0.5, 0.6) is 0 Å². The van der Waals surface area contributed by atoms with Crippen LogP contribution in [0.2, 0.25) is 0 Å². The molecule has 0 saturated heterocycles. The summed E-state index contributed by atoms with van der Waals surface area (Å²) < 4.78 is 4.94. The van der Waals surface area contributed by atoms with Crippen molar-refractivity contribution in [1.29, 1.82) is 0 Å². The second kappa shape index (κ2) is 8.09. The van der Waals surface area contributed by atoms with Crippen molar-refractivity contribution in [2.45, 2.75) is 32.5 Å². The van der Waals surface area contributed by atoms with E-state index < -0.39 is 6.10 Å². The minimum Gasteiger partial charge on any atom is -0.389 e. The minimum absolute atomic E-state index is 0.330. The van der Waals surface area contributed by atoms with Gasteiger partial charge in [-0.05, 0) is 6.07 Å². The average molecular weight is 267 g/mol. The Bertz CT molecular complexity index is 371. The third kappa shape index (κ3) is 5.55. The fraction of sp³-hybridized carbons (Fsp3) is 0.643. The normalized spacial score (nSPS) is 12.7. The van der Waals surface area contributed by atoms with Crippen LogP contribution in [0.15, 0.2) is 18.3 Å². The smallest absolute Gasteiger partial charge is 0.132 e. The van der Waals surface area contributed by atoms with E-state index in [0.717, 1.165) is 17.9 Å². The Kier molecular flexibility index (Phi) is 6.77. The highest BCUT2D eigenvalue weighted by Crippen LogP contribution is 2.16. The molecule has 0 aliphatic carbocycles. The van der Waals surface area contributed by atoms with Crippen molar-refractivity contribution in [3.05, 3.63) is 23.9 Å². The highest BCUT2D eigenvalue weighted by molar-refractivity contribution is 5.46. The molecule has 0 fully saturated rings. The van der Waals surface area contributed by atoms with Crippen molar-refractivity contribution in [3.8, 4) is 0 Å². The third-order valence-electron chi connectivity index (χ3n) is 2.77. The SMILES string of the molecule is COCC(O)CN(C)c1ncccc1CNC(C)C. The summed E-state index contributed by atoms with van der Waals surface area (Å²) >= 11 is 0. The first-order chi connectivity index (χ1) is 9.04. The molecule has 5 heteroatoms. The molecule has 0 spiro atoms. The molecule has 0 bridgehead atoms. The fourth-order valence-corrected chi connectivity index (χ4v) is 1.87. The number of nitrogens with zero attached hydrogens (tertiary/aromatic N) is 2. The van der Waals surface area contributed by atoms with Crippen LogP contribution < -0.4 is 10.2 Å². The Morgan fingerprint density at radius 2 is 2.21 bits per heavy atom. The number of nitrogens with one attached hydrogen (secondary N) is 1. The van der Waals surface area contributed by atoms with Gasteiger partial charge in [0, 0.05) is 45.0 Å². The molecule has 1 heterocycles. The van der Waals surface area contributed by atoms with Gasteiger partial charge in [-0.25, -0.2) is 4.98 Å². The molecule has 1 atom stereocenters. The van der Waals surface area contributed by atoms with E-state index in [9.17, 15) is 5.11 Å². The Balaban J connectivity index is 2.69. The largest absolute Gasteiger partial charge is 0.389 e. The van der Waals surface area contributed by atoms with Crippen LogP contribution in [0.4, 0.5) is 5.82 Å². The fourth-order valence-electron chi connectivity index (χ4n) is 1.87. The maximum Gasteiger partial charge on any atom is 0.132 e. The summed E-state index contributed by atoms with van der Waals surface area (Å²) in [7, 11) is 3.52. The third-order valence-corrected chi connectivity index (χ3v) is 2.77. The molecule has 0 aliphatic rings. The van der Waals surface area contributed by atoms with Gasteiger partial charge in [-0.2, -0.15) is 0 Å². The van der Waals surface area contributed by atoms with Gasteiger partial charge in [-0.15, -0.1) is 0 Å². The van der Waals surface area contributed by atoms with E-state index >= 15 is 0 Å². The maximum atomic E-state index is 9.78. The first kappa shape index (κ1) is 15.9. The summed E-state index contributed by atoms with van der Waals surface area (Å²) in [5.74, 6) is 0.894. The molecule has 108 valence electrons. The summed E-state index contributed by atoms with van der Waals surface area (Å²) in [6.45, 7) is 5.83. The van der Waals surface area contributed by atoms with Gasteiger partial charge in [0.15, 0.2) is 0 Å². The number of hydrogen-bond acceptors (Lipinski definition) is 5. The summed E-state index contributed by atoms with van der Waals surface area (Å²) in [4.78, 5) is 6.36. The molecule has 1 aromatic heterocycles. The number of pyridine rings is 1. The van der Waals surface area contributed by atoms with Crippen LogP contribution in [0.25, 0.3) is 0 Å². The predicted octanol–water partition coefficient (Wildman–Crippen LogP) is 1.02. The zero-order chi connectivity index (χ0) is 14.3. The van der Waals surface area contributed by atoms with Crippen LogP contribution in [0.3, 0.4) is 0 Å². The van der Waals surface area contributed by atoms with Crippen LogP contribution in [-0.2, 0) is 11.3 Å². The number of aliphatic hydroxyl groups excluding tert-OH is 1. The van der Waals surface area contributed by atoms with Crippen molar-refractivity contribution >= 4 is 5.82 Å². The molecule has 19 heavy (non-hydrogen) atoms. The van der Waals surface area contributed by atoms with Crippen molar-refractivity contribution in [2.75, 3.05) is 32.2 Å². The molecule has 0 aromatic carbocycles. The maximum absolute atomic E-state index is 9.78. The van der Waals surface area contributed by atoms with Crippen molar-refractivity contribution < 1.29 is 9.84 Å². The van der Waals surface area contributed by atoms with E-state index in [1.807, 2.05) is 18.0 Å². The van der Waals surface area contributed by atoms with Gasteiger partial charge < -0.3 is 20.1 Å². The Labute approximate surface area is 115 Å². The number of ether oxygens (including phenoxy) is 1. The van der Waals surface area contributed by atoms with Crippen LogP contribution in [-0.4, -0.2) is 49.5 Å². The summed E-state index contributed by atoms with van der Waals surface area (Å²) in [5.41, 5.74) is 1.13. The molecular formula is C14H25N3O2. The van der Waals surface area contributed by atoms with E-state index in [1.54, 1.807) is 13.3 Å². The number of likely N-dealkylation sites (N-methyl/N-ethyl adjacent to an activating group) is 1. The van der Waals surface area contributed by atoms with E-state index in [1.165, 1.54) is 0 Å².